The van der Waals surface area contributed by atoms with Gasteiger partial charge in [0.2, 0.25) is 5.91 Å². The van der Waals surface area contributed by atoms with Gasteiger partial charge in [-0.1, -0.05) is 42.4 Å². The number of oxime groups is 1. The number of likely N-dealkylation sites (N-methyl/N-ethyl adjacent to an activating group) is 1. The Balaban J connectivity index is 1.90. The van der Waals surface area contributed by atoms with E-state index in [1.165, 1.54) is 0 Å². The third kappa shape index (κ3) is 3.59. The maximum atomic E-state index is 11.9. The first kappa shape index (κ1) is 14.6. The van der Waals surface area contributed by atoms with Crippen LogP contribution < -0.4 is 0 Å². The standard InChI is InChI=1S/C16H22N2O2/c1-3-8-16(19)18(4-2)12-14-11-15(17-20-14)13-9-6-5-7-10-13/h5-7,9-10,14H,3-4,8,11-12H2,1-2H3. The summed E-state index contributed by atoms with van der Waals surface area (Å²) in [4.78, 5) is 19.3. The lowest BCUT2D eigenvalue weighted by molar-refractivity contribution is -0.132. The molecule has 1 amide bonds. The molecule has 20 heavy (non-hydrogen) atoms. The first-order valence-corrected chi connectivity index (χ1v) is 7.30. The monoisotopic (exact) mass is 274 g/mol. The fraction of sp³-hybridized carbons (Fsp3) is 0.500. The van der Waals surface area contributed by atoms with E-state index < -0.39 is 0 Å². The summed E-state index contributed by atoms with van der Waals surface area (Å²) in [5, 5.41) is 4.16. The minimum Gasteiger partial charge on any atom is -0.390 e. The minimum absolute atomic E-state index is 0.0223. The molecule has 0 aliphatic carbocycles. The molecule has 0 saturated heterocycles. The number of benzene rings is 1. The summed E-state index contributed by atoms with van der Waals surface area (Å²) in [6.45, 7) is 5.37. The summed E-state index contributed by atoms with van der Waals surface area (Å²) in [7, 11) is 0. The second kappa shape index (κ2) is 7.08. The predicted molar refractivity (Wildman–Crippen MR) is 79.6 cm³/mol. The van der Waals surface area contributed by atoms with E-state index in [4.69, 9.17) is 4.84 Å². The van der Waals surface area contributed by atoms with E-state index in [1.54, 1.807) is 0 Å². The molecule has 0 spiro atoms. The van der Waals surface area contributed by atoms with Crippen molar-refractivity contribution < 1.29 is 9.63 Å². The normalized spacial score (nSPS) is 17.5. The van der Waals surface area contributed by atoms with Crippen molar-refractivity contribution in [3.63, 3.8) is 0 Å². The molecule has 1 aliphatic heterocycles. The van der Waals surface area contributed by atoms with E-state index in [-0.39, 0.29) is 12.0 Å². The van der Waals surface area contributed by atoms with Crippen molar-refractivity contribution >= 4 is 11.6 Å². The SMILES string of the molecule is CCCC(=O)N(CC)CC1CC(c2ccccc2)=NO1. The van der Waals surface area contributed by atoms with Gasteiger partial charge in [0.15, 0.2) is 6.10 Å². The molecule has 1 unspecified atom stereocenters. The Hall–Kier alpha value is -1.84. The highest BCUT2D eigenvalue weighted by Gasteiger charge is 2.25. The summed E-state index contributed by atoms with van der Waals surface area (Å²) in [6.07, 6.45) is 2.23. The van der Waals surface area contributed by atoms with E-state index in [9.17, 15) is 4.79 Å². The Kier molecular flexibility index (Phi) is 5.16. The maximum absolute atomic E-state index is 11.9. The third-order valence-electron chi connectivity index (χ3n) is 3.46. The van der Waals surface area contributed by atoms with Crippen molar-refractivity contribution in [3.8, 4) is 0 Å². The second-order valence-corrected chi connectivity index (χ2v) is 5.02. The highest BCUT2D eigenvalue weighted by molar-refractivity contribution is 6.01. The minimum atomic E-state index is -0.0223. The molecule has 4 heteroatoms. The molecule has 0 saturated carbocycles. The van der Waals surface area contributed by atoms with Crippen LogP contribution in [0.3, 0.4) is 0 Å². The number of nitrogens with zero attached hydrogens (tertiary/aromatic N) is 2. The fourth-order valence-corrected chi connectivity index (χ4v) is 2.35. The summed E-state index contributed by atoms with van der Waals surface area (Å²) in [6, 6.07) is 10.0. The number of carbonyl (C=O) groups excluding carboxylic acids is 1. The van der Waals surface area contributed by atoms with Crippen molar-refractivity contribution in [2.45, 2.75) is 39.2 Å². The van der Waals surface area contributed by atoms with E-state index in [0.717, 1.165) is 30.7 Å². The number of rotatable bonds is 6. The van der Waals surface area contributed by atoms with E-state index in [0.29, 0.717) is 13.0 Å². The van der Waals surface area contributed by atoms with Gasteiger partial charge in [-0.3, -0.25) is 4.79 Å². The van der Waals surface area contributed by atoms with Gasteiger partial charge in [-0.2, -0.15) is 0 Å². The van der Waals surface area contributed by atoms with Crippen LogP contribution in [-0.2, 0) is 9.63 Å². The van der Waals surface area contributed by atoms with Crippen LogP contribution in [-0.4, -0.2) is 35.7 Å². The van der Waals surface area contributed by atoms with Gasteiger partial charge in [0.1, 0.15) is 0 Å². The summed E-state index contributed by atoms with van der Waals surface area (Å²) >= 11 is 0. The molecule has 1 heterocycles. The van der Waals surface area contributed by atoms with Crippen LogP contribution in [0.2, 0.25) is 0 Å². The molecule has 4 nitrogen and oxygen atoms in total. The lowest BCUT2D eigenvalue weighted by Gasteiger charge is -2.23. The molecule has 0 bridgehead atoms. The highest BCUT2D eigenvalue weighted by atomic mass is 16.6. The van der Waals surface area contributed by atoms with Crippen molar-refractivity contribution in [2.24, 2.45) is 5.16 Å². The average molecular weight is 274 g/mol. The van der Waals surface area contributed by atoms with E-state index in [2.05, 4.69) is 5.16 Å². The van der Waals surface area contributed by atoms with E-state index >= 15 is 0 Å². The van der Waals surface area contributed by atoms with Gasteiger partial charge in [-0.05, 0) is 18.9 Å². The summed E-state index contributed by atoms with van der Waals surface area (Å²) < 4.78 is 0. The predicted octanol–water partition coefficient (Wildman–Crippen LogP) is 2.83. The molecule has 2 rings (SSSR count). The molecule has 0 N–H and O–H groups in total. The molecule has 1 aromatic rings. The summed E-state index contributed by atoms with van der Waals surface area (Å²) in [5.41, 5.74) is 2.06. The third-order valence-corrected chi connectivity index (χ3v) is 3.46. The summed E-state index contributed by atoms with van der Waals surface area (Å²) in [5.74, 6) is 0.201. The molecular formula is C16H22N2O2. The number of amides is 1. The van der Waals surface area contributed by atoms with Crippen molar-refractivity contribution in [1.29, 1.82) is 0 Å². The molecule has 108 valence electrons. The first-order valence-electron chi connectivity index (χ1n) is 7.30. The smallest absolute Gasteiger partial charge is 0.222 e. The van der Waals surface area contributed by atoms with Crippen molar-refractivity contribution in [2.75, 3.05) is 13.1 Å². The van der Waals surface area contributed by atoms with Gasteiger partial charge in [0.25, 0.3) is 0 Å². The van der Waals surface area contributed by atoms with Crippen LogP contribution in [0.4, 0.5) is 0 Å². The van der Waals surface area contributed by atoms with Crippen molar-refractivity contribution in [3.05, 3.63) is 35.9 Å². The molecule has 1 atom stereocenters. The molecule has 0 radical (unpaired) electrons. The van der Waals surface area contributed by atoms with Crippen LogP contribution in [0.1, 0.15) is 38.7 Å². The molecule has 0 aromatic heterocycles. The van der Waals surface area contributed by atoms with Crippen LogP contribution in [0, 0.1) is 0 Å². The molecular weight excluding hydrogens is 252 g/mol. The van der Waals surface area contributed by atoms with Gasteiger partial charge in [-0.25, -0.2) is 0 Å². The maximum Gasteiger partial charge on any atom is 0.222 e. The highest BCUT2D eigenvalue weighted by Crippen LogP contribution is 2.17. The first-order chi connectivity index (χ1) is 9.74. The van der Waals surface area contributed by atoms with E-state index in [1.807, 2.05) is 49.1 Å². The number of carbonyl (C=O) groups is 1. The fourth-order valence-electron chi connectivity index (χ4n) is 2.35. The Labute approximate surface area is 120 Å². The number of hydrogen-bond acceptors (Lipinski definition) is 3. The van der Waals surface area contributed by atoms with Gasteiger partial charge >= 0.3 is 0 Å². The van der Waals surface area contributed by atoms with Crippen LogP contribution >= 0.6 is 0 Å². The average Bonchev–Trinajstić information content (AvgIpc) is 2.94. The lowest BCUT2D eigenvalue weighted by atomic mass is 10.0. The Bertz CT molecular complexity index is 471. The topological polar surface area (TPSA) is 41.9 Å². The quantitative estimate of drug-likeness (QED) is 0.800. The van der Waals surface area contributed by atoms with Gasteiger partial charge in [0.05, 0.1) is 12.3 Å². The molecule has 1 aromatic carbocycles. The van der Waals surface area contributed by atoms with Crippen LogP contribution in [0.25, 0.3) is 0 Å². The van der Waals surface area contributed by atoms with Crippen LogP contribution in [0.5, 0.6) is 0 Å². The molecule has 0 fully saturated rings. The number of hydrogen-bond donors (Lipinski definition) is 0. The zero-order valence-corrected chi connectivity index (χ0v) is 12.2. The Morgan fingerprint density at radius 2 is 2.10 bits per heavy atom. The zero-order valence-electron chi connectivity index (χ0n) is 12.2. The van der Waals surface area contributed by atoms with Gasteiger partial charge in [0, 0.05) is 19.4 Å². The Morgan fingerprint density at radius 1 is 1.35 bits per heavy atom. The van der Waals surface area contributed by atoms with Gasteiger partial charge in [-0.15, -0.1) is 0 Å². The second-order valence-electron chi connectivity index (χ2n) is 5.02. The Morgan fingerprint density at radius 3 is 2.75 bits per heavy atom. The van der Waals surface area contributed by atoms with Crippen LogP contribution in [0.15, 0.2) is 35.5 Å². The van der Waals surface area contributed by atoms with Crippen molar-refractivity contribution in [1.82, 2.24) is 4.90 Å². The lowest BCUT2D eigenvalue weighted by Crippen LogP contribution is -2.37. The van der Waals surface area contributed by atoms with Gasteiger partial charge < -0.3 is 9.74 Å². The largest absolute Gasteiger partial charge is 0.390 e. The molecule has 1 aliphatic rings. The zero-order chi connectivity index (χ0) is 14.4.